The number of rotatable bonds is 13. The summed E-state index contributed by atoms with van der Waals surface area (Å²) in [5.74, 6) is -0.348. The first-order valence-electron chi connectivity index (χ1n) is 13.0. The molecule has 0 aliphatic carbocycles. The lowest BCUT2D eigenvalue weighted by atomic mass is 10.1. The van der Waals surface area contributed by atoms with Gasteiger partial charge in [-0.1, -0.05) is 50.2 Å². The summed E-state index contributed by atoms with van der Waals surface area (Å²) in [4.78, 5) is 39.0. The molecule has 0 heterocycles. The third kappa shape index (κ3) is 8.04. The molecule has 12 heteroatoms. The monoisotopic (exact) mass is 582 g/mol. The predicted molar refractivity (Wildman–Crippen MR) is 155 cm³/mol. The van der Waals surface area contributed by atoms with Crippen LogP contribution in [0.1, 0.15) is 26.3 Å². The molecule has 0 fully saturated rings. The zero-order valence-electron chi connectivity index (χ0n) is 23.4. The number of non-ortho nitro benzene ring substituents is 1. The summed E-state index contributed by atoms with van der Waals surface area (Å²) >= 11 is 0. The van der Waals surface area contributed by atoms with Crippen molar-refractivity contribution in [3.63, 3.8) is 0 Å². The van der Waals surface area contributed by atoms with Crippen molar-refractivity contribution in [2.45, 2.75) is 38.3 Å². The average molecular weight is 583 g/mol. The molecule has 0 radical (unpaired) electrons. The Hall–Kier alpha value is -4.45. The molecule has 0 bridgehead atoms. The van der Waals surface area contributed by atoms with Gasteiger partial charge in [0, 0.05) is 25.2 Å². The van der Waals surface area contributed by atoms with Gasteiger partial charge in [-0.15, -0.1) is 0 Å². The fourth-order valence-corrected chi connectivity index (χ4v) is 5.44. The van der Waals surface area contributed by atoms with Gasteiger partial charge in [0.2, 0.25) is 11.8 Å². The van der Waals surface area contributed by atoms with Gasteiger partial charge >= 0.3 is 0 Å². The second-order valence-electron chi connectivity index (χ2n) is 9.79. The van der Waals surface area contributed by atoms with Crippen LogP contribution in [0.4, 0.5) is 11.4 Å². The summed E-state index contributed by atoms with van der Waals surface area (Å²) in [7, 11) is -2.82. The van der Waals surface area contributed by atoms with Crippen LogP contribution in [0.5, 0.6) is 5.75 Å². The number of sulfonamides is 1. The second-order valence-corrected chi connectivity index (χ2v) is 11.7. The highest BCUT2D eigenvalue weighted by Gasteiger charge is 2.33. The summed E-state index contributed by atoms with van der Waals surface area (Å²) in [6.45, 7) is 5.12. The van der Waals surface area contributed by atoms with Crippen molar-refractivity contribution in [1.82, 2.24) is 10.2 Å². The minimum absolute atomic E-state index is 0.0134. The number of ether oxygens (including phenoxy) is 1. The number of benzene rings is 3. The van der Waals surface area contributed by atoms with Gasteiger partial charge in [-0.25, -0.2) is 8.42 Å². The first-order chi connectivity index (χ1) is 19.4. The number of anilines is 1. The van der Waals surface area contributed by atoms with E-state index in [-0.39, 0.29) is 28.7 Å². The van der Waals surface area contributed by atoms with Crippen LogP contribution in [0, 0.1) is 16.0 Å². The van der Waals surface area contributed by atoms with E-state index in [1.165, 1.54) is 54.5 Å². The summed E-state index contributed by atoms with van der Waals surface area (Å²) in [5.41, 5.74) is 0.265. The minimum atomic E-state index is -4.33. The van der Waals surface area contributed by atoms with Crippen LogP contribution in [0.2, 0.25) is 0 Å². The smallest absolute Gasteiger partial charge is 0.271 e. The third-order valence-corrected chi connectivity index (χ3v) is 8.07. The fourth-order valence-electron chi connectivity index (χ4n) is 4.01. The Morgan fingerprint density at radius 1 is 0.976 bits per heavy atom. The van der Waals surface area contributed by atoms with E-state index >= 15 is 0 Å². The Labute approximate surface area is 239 Å². The molecule has 0 unspecified atom stereocenters. The Kier molecular flexibility index (Phi) is 10.4. The number of nitrogens with zero attached hydrogens (tertiary/aromatic N) is 3. The first kappa shape index (κ1) is 31.1. The van der Waals surface area contributed by atoms with Gasteiger partial charge in [-0.2, -0.15) is 0 Å². The molecule has 0 aliphatic heterocycles. The molecule has 3 aromatic carbocycles. The molecule has 1 N–H and O–H groups in total. The average Bonchev–Trinajstić information content (AvgIpc) is 2.97. The van der Waals surface area contributed by atoms with Crippen molar-refractivity contribution < 1.29 is 27.7 Å². The molecule has 3 aromatic rings. The van der Waals surface area contributed by atoms with Crippen LogP contribution in [0.25, 0.3) is 0 Å². The van der Waals surface area contributed by atoms with Crippen molar-refractivity contribution >= 4 is 33.2 Å². The molecule has 0 saturated heterocycles. The zero-order chi connectivity index (χ0) is 30.2. The highest BCUT2D eigenvalue weighted by atomic mass is 32.2. The largest absolute Gasteiger partial charge is 0.497 e. The number of hydrogen-bond acceptors (Lipinski definition) is 7. The number of nitro groups is 1. The van der Waals surface area contributed by atoms with Gasteiger partial charge in [0.15, 0.2) is 0 Å². The molecule has 0 spiro atoms. The van der Waals surface area contributed by atoms with Gasteiger partial charge in [-0.05, 0) is 48.7 Å². The predicted octanol–water partition coefficient (Wildman–Crippen LogP) is 3.99. The van der Waals surface area contributed by atoms with E-state index in [2.05, 4.69) is 5.32 Å². The van der Waals surface area contributed by atoms with Gasteiger partial charge in [0.25, 0.3) is 15.7 Å². The van der Waals surface area contributed by atoms with Crippen LogP contribution in [-0.4, -0.2) is 56.3 Å². The topological polar surface area (TPSA) is 139 Å². The first-order valence-corrected chi connectivity index (χ1v) is 14.4. The number of carbonyl (C=O) groups is 2. The maximum absolute atomic E-state index is 13.9. The van der Waals surface area contributed by atoms with Crippen LogP contribution >= 0.6 is 0 Å². The Morgan fingerprint density at radius 3 is 2.29 bits per heavy atom. The van der Waals surface area contributed by atoms with Crippen molar-refractivity contribution in [3.05, 3.63) is 94.5 Å². The molecule has 0 aliphatic rings. The lowest BCUT2D eigenvalue weighted by Gasteiger charge is -2.32. The van der Waals surface area contributed by atoms with Crippen molar-refractivity contribution in [2.75, 3.05) is 24.5 Å². The Bertz CT molecular complexity index is 1480. The summed E-state index contributed by atoms with van der Waals surface area (Å²) < 4.78 is 33.7. The molecule has 41 heavy (non-hydrogen) atoms. The van der Waals surface area contributed by atoms with Gasteiger partial charge in [0.1, 0.15) is 18.3 Å². The molecular weight excluding hydrogens is 548 g/mol. The molecule has 0 aromatic heterocycles. The number of methoxy groups -OCH3 is 1. The normalized spacial score (nSPS) is 11.9. The van der Waals surface area contributed by atoms with Crippen molar-refractivity contribution in [3.8, 4) is 5.75 Å². The molecule has 1 atom stereocenters. The van der Waals surface area contributed by atoms with Crippen molar-refractivity contribution in [1.29, 1.82) is 0 Å². The zero-order valence-corrected chi connectivity index (χ0v) is 24.2. The second kappa shape index (κ2) is 13.8. The lowest BCUT2D eigenvalue weighted by molar-refractivity contribution is -0.384. The quantitative estimate of drug-likeness (QED) is 0.237. The van der Waals surface area contributed by atoms with Gasteiger partial charge in [-0.3, -0.25) is 24.0 Å². The Balaban J connectivity index is 2.05. The Morgan fingerprint density at radius 2 is 1.66 bits per heavy atom. The molecular formula is C29H34N4O7S. The minimum Gasteiger partial charge on any atom is -0.497 e. The van der Waals surface area contributed by atoms with E-state index in [0.29, 0.717) is 17.9 Å². The van der Waals surface area contributed by atoms with Crippen LogP contribution < -0.4 is 14.4 Å². The van der Waals surface area contributed by atoms with Crippen LogP contribution in [0.15, 0.2) is 83.8 Å². The number of nitro benzene ring substituents is 1. The number of hydrogen-bond donors (Lipinski definition) is 1. The fraction of sp³-hybridized carbons (Fsp3) is 0.310. The summed E-state index contributed by atoms with van der Waals surface area (Å²) in [6, 6.07) is 18.5. The van der Waals surface area contributed by atoms with Crippen LogP contribution in [0.3, 0.4) is 0 Å². The maximum atomic E-state index is 13.9. The third-order valence-electron chi connectivity index (χ3n) is 6.28. The molecule has 0 saturated carbocycles. The highest BCUT2D eigenvalue weighted by Crippen LogP contribution is 2.27. The van der Waals surface area contributed by atoms with Crippen molar-refractivity contribution in [2.24, 2.45) is 5.92 Å². The van der Waals surface area contributed by atoms with Crippen LogP contribution in [-0.2, 0) is 26.2 Å². The maximum Gasteiger partial charge on any atom is 0.271 e. The summed E-state index contributed by atoms with van der Waals surface area (Å²) in [6.07, 6.45) is 0. The lowest BCUT2D eigenvalue weighted by Crippen LogP contribution is -2.51. The highest BCUT2D eigenvalue weighted by molar-refractivity contribution is 7.92. The van der Waals surface area contributed by atoms with E-state index in [0.717, 1.165) is 10.4 Å². The standard InChI is InChI=1S/C29H34N4O7S/c1-21(2)18-30-29(35)22(3)31(19-23-10-8-13-26(16-23)40-4)28(34)20-32(24-11-9-12-25(17-24)33(36)37)41(38,39)27-14-6-5-7-15-27/h5-17,21-22H,18-20H2,1-4H3,(H,30,35)/t22-/m1/s1. The SMILES string of the molecule is COc1cccc(CN(C(=O)CN(c2cccc([N+](=O)[O-])c2)S(=O)(=O)c2ccccc2)[C@H](C)C(=O)NCC(C)C)c1. The number of carbonyl (C=O) groups excluding carboxylic acids is 2. The molecule has 218 valence electrons. The number of nitrogens with one attached hydrogen (secondary N) is 1. The van der Waals surface area contributed by atoms with E-state index in [4.69, 9.17) is 4.74 Å². The van der Waals surface area contributed by atoms with E-state index in [1.807, 2.05) is 13.8 Å². The van der Waals surface area contributed by atoms with E-state index in [9.17, 15) is 28.1 Å². The summed E-state index contributed by atoms with van der Waals surface area (Å²) in [5, 5.41) is 14.3. The molecule has 11 nitrogen and oxygen atoms in total. The number of amides is 2. The van der Waals surface area contributed by atoms with E-state index < -0.39 is 39.3 Å². The molecule has 2 amide bonds. The van der Waals surface area contributed by atoms with Gasteiger partial charge < -0.3 is 15.0 Å². The molecule has 3 rings (SSSR count). The van der Waals surface area contributed by atoms with Gasteiger partial charge in [0.05, 0.1) is 22.6 Å². The van der Waals surface area contributed by atoms with E-state index in [1.54, 1.807) is 37.3 Å².